The fourth-order valence-electron chi connectivity index (χ4n) is 1.51. The molecule has 0 aromatic heterocycles. The molecule has 0 aliphatic rings. The Hall–Kier alpha value is -1.98. The van der Waals surface area contributed by atoms with Crippen LogP contribution in [0.5, 0.6) is 0 Å². The van der Waals surface area contributed by atoms with Crippen LogP contribution in [-0.2, 0) is 0 Å². The molecule has 0 aliphatic carbocycles. The van der Waals surface area contributed by atoms with Crippen LogP contribution in [0.1, 0.15) is 10.4 Å². The zero-order valence-corrected chi connectivity index (χ0v) is 11.8. The Morgan fingerprint density at radius 1 is 1.15 bits per heavy atom. The molecule has 2 aromatic rings. The van der Waals surface area contributed by atoms with Crippen LogP contribution >= 0.6 is 23.8 Å². The van der Waals surface area contributed by atoms with Gasteiger partial charge < -0.3 is 5.32 Å². The third-order valence-electron chi connectivity index (χ3n) is 2.44. The Balaban J connectivity index is 2.01. The van der Waals surface area contributed by atoms with Crippen LogP contribution in [0, 0.1) is 5.82 Å². The van der Waals surface area contributed by atoms with E-state index >= 15 is 0 Å². The van der Waals surface area contributed by atoms with Crippen LogP contribution in [0.3, 0.4) is 0 Å². The fourth-order valence-corrected chi connectivity index (χ4v) is 1.87. The summed E-state index contributed by atoms with van der Waals surface area (Å²) in [5.41, 5.74) is 0.612. The van der Waals surface area contributed by atoms with Gasteiger partial charge in [-0.05, 0) is 42.5 Å². The van der Waals surface area contributed by atoms with Crippen LogP contribution in [0.25, 0.3) is 0 Å². The van der Waals surface area contributed by atoms with Gasteiger partial charge in [0.05, 0.1) is 5.69 Å². The van der Waals surface area contributed by atoms with Gasteiger partial charge >= 0.3 is 0 Å². The number of hydrogen-bond acceptors (Lipinski definition) is 2. The molecule has 0 spiro atoms. The van der Waals surface area contributed by atoms with E-state index in [0.717, 1.165) is 6.07 Å². The van der Waals surface area contributed by atoms with E-state index in [2.05, 4.69) is 10.6 Å². The Morgan fingerprint density at radius 3 is 2.50 bits per heavy atom. The summed E-state index contributed by atoms with van der Waals surface area (Å²) in [5.74, 6) is -0.911. The van der Waals surface area contributed by atoms with Crippen molar-refractivity contribution in [3.8, 4) is 0 Å². The predicted octanol–water partition coefficient (Wildman–Crippen LogP) is 3.61. The summed E-state index contributed by atoms with van der Waals surface area (Å²) in [6, 6.07) is 12.7. The van der Waals surface area contributed by atoms with E-state index in [1.807, 2.05) is 0 Å². The van der Waals surface area contributed by atoms with Crippen molar-refractivity contribution < 1.29 is 9.18 Å². The van der Waals surface area contributed by atoms with Crippen molar-refractivity contribution in [2.75, 3.05) is 5.32 Å². The van der Waals surface area contributed by atoms with Crippen molar-refractivity contribution in [2.24, 2.45) is 0 Å². The van der Waals surface area contributed by atoms with Crippen molar-refractivity contribution in [1.29, 1.82) is 0 Å². The van der Waals surface area contributed by atoms with Crippen LogP contribution in [-0.4, -0.2) is 11.0 Å². The maximum Gasteiger partial charge on any atom is 0.257 e. The molecule has 2 N–H and O–H groups in total. The average molecular weight is 309 g/mol. The van der Waals surface area contributed by atoms with Gasteiger partial charge in [-0.1, -0.05) is 29.8 Å². The second kappa shape index (κ2) is 6.45. The standard InChI is InChI=1S/C14H10ClFN2OS/c15-10-6-7-12(11(16)8-10)17-14(20)18-13(19)9-4-2-1-3-5-9/h1-8H,(H2,17,18,19,20). The van der Waals surface area contributed by atoms with Gasteiger partial charge in [-0.2, -0.15) is 0 Å². The average Bonchev–Trinajstić information content (AvgIpc) is 2.43. The summed E-state index contributed by atoms with van der Waals surface area (Å²) in [6.07, 6.45) is 0. The number of anilines is 1. The summed E-state index contributed by atoms with van der Waals surface area (Å²) in [6.45, 7) is 0. The van der Waals surface area contributed by atoms with Crippen molar-refractivity contribution >= 4 is 40.5 Å². The highest BCUT2D eigenvalue weighted by Gasteiger charge is 2.09. The highest BCUT2D eigenvalue weighted by atomic mass is 35.5. The number of halogens is 2. The van der Waals surface area contributed by atoms with E-state index in [4.69, 9.17) is 23.8 Å². The summed E-state index contributed by atoms with van der Waals surface area (Å²) in [7, 11) is 0. The van der Waals surface area contributed by atoms with Crippen molar-refractivity contribution in [1.82, 2.24) is 5.32 Å². The molecule has 0 unspecified atom stereocenters. The van der Waals surface area contributed by atoms with Crippen molar-refractivity contribution in [3.63, 3.8) is 0 Å². The molecule has 0 heterocycles. The molecule has 2 rings (SSSR count). The molecule has 102 valence electrons. The third-order valence-corrected chi connectivity index (χ3v) is 2.88. The second-order valence-corrected chi connectivity index (χ2v) is 4.74. The highest BCUT2D eigenvalue weighted by Crippen LogP contribution is 2.18. The topological polar surface area (TPSA) is 41.1 Å². The number of hydrogen-bond donors (Lipinski definition) is 2. The first-order chi connectivity index (χ1) is 9.56. The molecule has 0 saturated heterocycles. The zero-order chi connectivity index (χ0) is 14.5. The Labute approximate surface area is 125 Å². The van der Waals surface area contributed by atoms with Gasteiger partial charge in [0.2, 0.25) is 0 Å². The first-order valence-electron chi connectivity index (χ1n) is 5.68. The van der Waals surface area contributed by atoms with Gasteiger partial charge in [0.15, 0.2) is 5.11 Å². The van der Waals surface area contributed by atoms with E-state index in [1.165, 1.54) is 12.1 Å². The lowest BCUT2D eigenvalue weighted by atomic mass is 10.2. The first-order valence-corrected chi connectivity index (χ1v) is 6.47. The van der Waals surface area contributed by atoms with Gasteiger partial charge in [-0.3, -0.25) is 10.1 Å². The molecule has 0 fully saturated rings. The van der Waals surface area contributed by atoms with Crippen LogP contribution in [0.15, 0.2) is 48.5 Å². The minimum Gasteiger partial charge on any atom is -0.330 e. The molecule has 0 radical (unpaired) electrons. The lowest BCUT2D eigenvalue weighted by Gasteiger charge is -2.10. The molecule has 1 amide bonds. The quantitative estimate of drug-likeness (QED) is 0.833. The van der Waals surface area contributed by atoms with Crippen LogP contribution in [0.4, 0.5) is 10.1 Å². The SMILES string of the molecule is O=C(NC(=S)Nc1ccc(Cl)cc1F)c1ccccc1. The zero-order valence-electron chi connectivity index (χ0n) is 10.2. The van der Waals surface area contributed by atoms with E-state index in [0.29, 0.717) is 5.56 Å². The molecule has 2 aromatic carbocycles. The Bertz CT molecular complexity index is 649. The van der Waals surface area contributed by atoms with Crippen LogP contribution < -0.4 is 10.6 Å². The number of benzene rings is 2. The van der Waals surface area contributed by atoms with E-state index in [-0.39, 0.29) is 21.7 Å². The van der Waals surface area contributed by atoms with Crippen LogP contribution in [0.2, 0.25) is 5.02 Å². The second-order valence-electron chi connectivity index (χ2n) is 3.90. The number of amides is 1. The predicted molar refractivity (Wildman–Crippen MR) is 81.5 cm³/mol. The number of carbonyl (C=O) groups excluding carboxylic acids is 1. The molecule has 20 heavy (non-hydrogen) atoms. The summed E-state index contributed by atoms with van der Waals surface area (Å²) >= 11 is 10.6. The lowest BCUT2D eigenvalue weighted by Crippen LogP contribution is -2.34. The van der Waals surface area contributed by atoms with Gasteiger partial charge in [0.25, 0.3) is 5.91 Å². The Kier molecular flexibility index (Phi) is 4.65. The monoisotopic (exact) mass is 308 g/mol. The molecule has 6 heteroatoms. The molecular formula is C14H10ClFN2OS. The number of thiocarbonyl (C=S) groups is 1. The number of rotatable bonds is 2. The smallest absolute Gasteiger partial charge is 0.257 e. The maximum absolute atomic E-state index is 13.6. The molecule has 0 aliphatic heterocycles. The Morgan fingerprint density at radius 2 is 1.85 bits per heavy atom. The van der Waals surface area contributed by atoms with E-state index < -0.39 is 5.82 Å². The minimum absolute atomic E-state index is 0.0140. The van der Waals surface area contributed by atoms with Gasteiger partial charge in [0, 0.05) is 10.6 Å². The summed E-state index contributed by atoms with van der Waals surface area (Å²) < 4.78 is 13.6. The maximum atomic E-state index is 13.6. The number of nitrogens with one attached hydrogen (secondary N) is 2. The minimum atomic E-state index is -0.547. The molecule has 0 saturated carbocycles. The largest absolute Gasteiger partial charge is 0.330 e. The van der Waals surface area contributed by atoms with E-state index in [1.54, 1.807) is 30.3 Å². The molecular weight excluding hydrogens is 299 g/mol. The first kappa shape index (κ1) is 14.4. The van der Waals surface area contributed by atoms with Gasteiger partial charge in [-0.15, -0.1) is 0 Å². The van der Waals surface area contributed by atoms with Gasteiger partial charge in [0.1, 0.15) is 5.82 Å². The van der Waals surface area contributed by atoms with Crippen molar-refractivity contribution in [3.05, 3.63) is 64.9 Å². The van der Waals surface area contributed by atoms with Crippen molar-refractivity contribution in [2.45, 2.75) is 0 Å². The lowest BCUT2D eigenvalue weighted by molar-refractivity contribution is 0.0977. The normalized spacial score (nSPS) is 9.90. The number of carbonyl (C=O) groups is 1. The third kappa shape index (κ3) is 3.76. The summed E-state index contributed by atoms with van der Waals surface area (Å²) in [5, 5.41) is 5.37. The fraction of sp³-hybridized carbons (Fsp3) is 0. The molecule has 0 bridgehead atoms. The van der Waals surface area contributed by atoms with E-state index in [9.17, 15) is 9.18 Å². The van der Waals surface area contributed by atoms with Gasteiger partial charge in [-0.25, -0.2) is 4.39 Å². The summed E-state index contributed by atoms with van der Waals surface area (Å²) in [4.78, 5) is 11.8. The molecule has 0 atom stereocenters. The molecule has 3 nitrogen and oxygen atoms in total. The highest BCUT2D eigenvalue weighted by molar-refractivity contribution is 7.80.